The number of benzene rings is 2. The molecule has 1 heterocycles. The van der Waals surface area contributed by atoms with Gasteiger partial charge in [-0.3, -0.25) is 4.79 Å². The van der Waals surface area contributed by atoms with Crippen LogP contribution in [0.2, 0.25) is 0 Å². The molecule has 2 atom stereocenters. The van der Waals surface area contributed by atoms with E-state index >= 15 is 0 Å². The molecular weight excluding hydrogens is 394 g/mol. The van der Waals surface area contributed by atoms with Gasteiger partial charge in [0, 0.05) is 24.7 Å². The maximum absolute atomic E-state index is 14.4. The number of carbonyl (C=O) groups excluding carboxylic acids is 1. The molecule has 0 aromatic heterocycles. The number of carboxylic acids is 1. The molecule has 2 unspecified atom stereocenters. The fourth-order valence-corrected chi connectivity index (χ4v) is 3.64. The zero-order chi connectivity index (χ0) is 21.3. The van der Waals surface area contributed by atoms with Crippen molar-refractivity contribution < 1.29 is 37.0 Å². The van der Waals surface area contributed by atoms with Crippen LogP contribution in [0.4, 0.5) is 22.4 Å². The SMILES string of the molecule is CC1CN(C(=O)OCc2ccccc2)CC1(C(=O)O)c1c(F)cc(F)c(F)c1F. The molecule has 29 heavy (non-hydrogen) atoms. The summed E-state index contributed by atoms with van der Waals surface area (Å²) in [4.78, 5) is 25.4. The van der Waals surface area contributed by atoms with E-state index in [4.69, 9.17) is 4.74 Å². The molecule has 1 aliphatic heterocycles. The summed E-state index contributed by atoms with van der Waals surface area (Å²) in [5, 5.41) is 9.78. The molecule has 154 valence electrons. The second-order valence-electron chi connectivity index (χ2n) is 6.94. The fourth-order valence-electron chi connectivity index (χ4n) is 3.64. The standard InChI is InChI=1S/C20H17F4NO4/c1-11-8-25(19(28)29-9-12-5-3-2-4-6-12)10-20(11,18(26)27)15-13(21)7-14(22)16(23)17(15)24/h2-7,11H,8-10H2,1H3,(H,26,27). The van der Waals surface area contributed by atoms with Crippen LogP contribution in [-0.2, 0) is 21.6 Å². The molecule has 2 aromatic rings. The van der Waals surface area contributed by atoms with E-state index in [0.29, 0.717) is 5.56 Å². The van der Waals surface area contributed by atoms with Crippen molar-refractivity contribution in [3.63, 3.8) is 0 Å². The van der Waals surface area contributed by atoms with Gasteiger partial charge in [0.15, 0.2) is 17.5 Å². The topological polar surface area (TPSA) is 66.8 Å². The molecule has 1 saturated heterocycles. The Labute approximate surface area is 163 Å². The smallest absolute Gasteiger partial charge is 0.410 e. The summed E-state index contributed by atoms with van der Waals surface area (Å²) in [6, 6.07) is 8.79. The number of hydrogen-bond acceptors (Lipinski definition) is 3. The van der Waals surface area contributed by atoms with Gasteiger partial charge in [0.2, 0.25) is 0 Å². The third kappa shape index (κ3) is 3.52. The van der Waals surface area contributed by atoms with Crippen molar-refractivity contribution in [2.45, 2.75) is 18.9 Å². The Balaban J connectivity index is 1.91. The first-order valence-corrected chi connectivity index (χ1v) is 8.71. The van der Waals surface area contributed by atoms with E-state index in [-0.39, 0.29) is 19.2 Å². The van der Waals surface area contributed by atoms with Crippen molar-refractivity contribution in [2.24, 2.45) is 5.92 Å². The van der Waals surface area contributed by atoms with Crippen LogP contribution in [0.1, 0.15) is 18.1 Å². The number of carboxylic acid groups (broad SMARTS) is 1. The maximum Gasteiger partial charge on any atom is 0.410 e. The van der Waals surface area contributed by atoms with E-state index in [9.17, 15) is 32.3 Å². The highest BCUT2D eigenvalue weighted by molar-refractivity contribution is 5.84. The van der Waals surface area contributed by atoms with E-state index in [0.717, 1.165) is 4.90 Å². The molecule has 0 aliphatic carbocycles. The fraction of sp³-hybridized carbons (Fsp3) is 0.300. The Hall–Kier alpha value is -3.10. The highest BCUT2D eigenvalue weighted by Gasteiger charge is 2.56. The number of hydrogen-bond donors (Lipinski definition) is 1. The summed E-state index contributed by atoms with van der Waals surface area (Å²) in [5.41, 5.74) is -2.72. The summed E-state index contributed by atoms with van der Waals surface area (Å²) >= 11 is 0. The summed E-state index contributed by atoms with van der Waals surface area (Å²) in [6.45, 7) is 0.422. The third-order valence-corrected chi connectivity index (χ3v) is 5.18. The highest BCUT2D eigenvalue weighted by Crippen LogP contribution is 2.43. The first-order valence-electron chi connectivity index (χ1n) is 8.71. The van der Waals surface area contributed by atoms with Gasteiger partial charge in [-0.05, 0) is 11.5 Å². The summed E-state index contributed by atoms with van der Waals surface area (Å²) in [7, 11) is 0. The molecule has 1 fully saturated rings. The molecule has 0 spiro atoms. The normalized spacial score (nSPS) is 21.3. The third-order valence-electron chi connectivity index (χ3n) is 5.18. The van der Waals surface area contributed by atoms with Crippen LogP contribution >= 0.6 is 0 Å². The minimum atomic E-state index is -2.30. The average Bonchev–Trinajstić information content (AvgIpc) is 3.03. The van der Waals surface area contributed by atoms with Gasteiger partial charge in [-0.1, -0.05) is 37.3 Å². The molecule has 3 rings (SSSR count). The van der Waals surface area contributed by atoms with Gasteiger partial charge in [-0.15, -0.1) is 0 Å². The van der Waals surface area contributed by atoms with Gasteiger partial charge in [-0.2, -0.15) is 0 Å². The second-order valence-corrected chi connectivity index (χ2v) is 6.94. The highest BCUT2D eigenvalue weighted by atomic mass is 19.2. The summed E-state index contributed by atoms with van der Waals surface area (Å²) in [6.07, 6.45) is -0.882. The van der Waals surface area contributed by atoms with Crippen LogP contribution in [0.15, 0.2) is 36.4 Å². The monoisotopic (exact) mass is 411 g/mol. The predicted octanol–water partition coefficient (Wildman–Crippen LogP) is 3.85. The number of carbonyl (C=O) groups is 2. The largest absolute Gasteiger partial charge is 0.481 e. The Bertz CT molecular complexity index is 953. The number of rotatable bonds is 4. The quantitative estimate of drug-likeness (QED) is 0.472. The van der Waals surface area contributed by atoms with Gasteiger partial charge >= 0.3 is 12.1 Å². The van der Waals surface area contributed by atoms with Crippen molar-refractivity contribution in [1.82, 2.24) is 4.90 Å². The molecule has 5 nitrogen and oxygen atoms in total. The van der Waals surface area contributed by atoms with Crippen molar-refractivity contribution >= 4 is 12.1 Å². The van der Waals surface area contributed by atoms with Gasteiger partial charge in [0.05, 0.1) is 0 Å². The predicted molar refractivity (Wildman–Crippen MR) is 93.0 cm³/mol. The van der Waals surface area contributed by atoms with E-state index in [2.05, 4.69) is 0 Å². The lowest BCUT2D eigenvalue weighted by molar-refractivity contribution is -0.145. The first-order chi connectivity index (χ1) is 13.7. The molecule has 0 saturated carbocycles. The van der Waals surface area contributed by atoms with Crippen LogP contribution in [-0.4, -0.2) is 35.2 Å². The van der Waals surface area contributed by atoms with Crippen LogP contribution in [0, 0.1) is 29.2 Å². The van der Waals surface area contributed by atoms with E-state index in [1.165, 1.54) is 6.92 Å². The lowest BCUT2D eigenvalue weighted by Crippen LogP contribution is -2.45. The molecule has 1 N–H and O–H groups in total. The molecular formula is C20H17F4NO4. The minimum absolute atomic E-state index is 0.0848. The molecule has 9 heteroatoms. The first kappa shape index (κ1) is 20.6. The van der Waals surface area contributed by atoms with Gasteiger partial charge in [0.1, 0.15) is 17.8 Å². The zero-order valence-electron chi connectivity index (χ0n) is 15.3. The lowest BCUT2D eigenvalue weighted by Gasteiger charge is -2.29. The van der Waals surface area contributed by atoms with Crippen molar-refractivity contribution in [3.8, 4) is 0 Å². The number of halogens is 4. The van der Waals surface area contributed by atoms with E-state index in [1.54, 1.807) is 30.3 Å². The molecule has 1 aliphatic rings. The average molecular weight is 411 g/mol. The Morgan fingerprint density at radius 3 is 2.41 bits per heavy atom. The van der Waals surface area contributed by atoms with Crippen LogP contribution < -0.4 is 0 Å². The number of ether oxygens (including phenoxy) is 1. The van der Waals surface area contributed by atoms with E-state index < -0.39 is 58.8 Å². The zero-order valence-corrected chi connectivity index (χ0v) is 15.3. The van der Waals surface area contributed by atoms with Gasteiger partial charge in [0.25, 0.3) is 0 Å². The number of amides is 1. The van der Waals surface area contributed by atoms with Crippen molar-refractivity contribution in [1.29, 1.82) is 0 Å². The molecule has 0 radical (unpaired) electrons. The number of aliphatic carboxylic acids is 1. The van der Waals surface area contributed by atoms with Crippen molar-refractivity contribution in [3.05, 3.63) is 70.8 Å². The number of likely N-dealkylation sites (tertiary alicyclic amines) is 1. The molecule has 0 bridgehead atoms. The van der Waals surface area contributed by atoms with Crippen LogP contribution in [0.5, 0.6) is 0 Å². The Morgan fingerprint density at radius 2 is 1.79 bits per heavy atom. The van der Waals surface area contributed by atoms with Gasteiger partial charge < -0.3 is 14.7 Å². The maximum atomic E-state index is 14.4. The molecule has 2 aromatic carbocycles. The van der Waals surface area contributed by atoms with Crippen LogP contribution in [0.25, 0.3) is 0 Å². The number of nitrogens with zero attached hydrogens (tertiary/aromatic N) is 1. The van der Waals surface area contributed by atoms with Crippen LogP contribution in [0.3, 0.4) is 0 Å². The minimum Gasteiger partial charge on any atom is -0.481 e. The van der Waals surface area contributed by atoms with E-state index in [1.807, 2.05) is 0 Å². The second kappa shape index (κ2) is 7.73. The molecule has 1 amide bonds. The Kier molecular flexibility index (Phi) is 5.50. The summed E-state index contributed by atoms with van der Waals surface area (Å²) in [5.74, 6) is -9.86. The lowest BCUT2D eigenvalue weighted by atomic mass is 9.72. The Morgan fingerprint density at radius 1 is 1.14 bits per heavy atom. The van der Waals surface area contributed by atoms with Crippen molar-refractivity contribution in [2.75, 3.05) is 13.1 Å². The van der Waals surface area contributed by atoms with Gasteiger partial charge in [-0.25, -0.2) is 22.4 Å². The summed E-state index contributed by atoms with van der Waals surface area (Å²) < 4.78 is 61.0.